The molecule has 0 aliphatic heterocycles. The Hall–Kier alpha value is -0.500. The lowest BCUT2D eigenvalue weighted by atomic mass is 9.86. The highest BCUT2D eigenvalue weighted by atomic mass is 79.9. The van der Waals surface area contributed by atoms with Crippen LogP contribution in [0.1, 0.15) is 39.2 Å². The van der Waals surface area contributed by atoms with Gasteiger partial charge in [-0.2, -0.15) is 0 Å². The van der Waals surface area contributed by atoms with Crippen molar-refractivity contribution in [1.82, 2.24) is 0 Å². The molecule has 0 saturated heterocycles. The van der Waals surface area contributed by atoms with Gasteiger partial charge in [-0.3, -0.25) is 0 Å². The van der Waals surface area contributed by atoms with E-state index in [1.165, 1.54) is 18.4 Å². The third-order valence-corrected chi connectivity index (χ3v) is 3.20. The average molecular weight is 269 g/mol. The van der Waals surface area contributed by atoms with Crippen molar-refractivity contribution < 1.29 is 4.74 Å². The van der Waals surface area contributed by atoms with Crippen LogP contribution in [0, 0.1) is 0 Å². The standard InChI is InChI=1S/C13H17BrO/c1-13(2,3)12-10(14)5-4-6-11(12)15-9-7-8-9/h4-6,9H,7-8H2,1-3H3. The molecule has 0 bridgehead atoms. The molecule has 1 aliphatic carbocycles. The zero-order chi connectivity index (χ0) is 11.1. The zero-order valence-electron chi connectivity index (χ0n) is 9.51. The van der Waals surface area contributed by atoms with Crippen LogP contribution in [0.15, 0.2) is 22.7 Å². The maximum Gasteiger partial charge on any atom is 0.124 e. The predicted molar refractivity (Wildman–Crippen MR) is 66.5 cm³/mol. The number of rotatable bonds is 2. The lowest BCUT2D eigenvalue weighted by Crippen LogP contribution is -2.14. The molecule has 0 unspecified atom stereocenters. The lowest BCUT2D eigenvalue weighted by Gasteiger charge is -2.24. The minimum Gasteiger partial charge on any atom is -0.490 e. The molecule has 0 aromatic heterocycles. The van der Waals surface area contributed by atoms with E-state index in [2.05, 4.69) is 48.8 Å². The molecule has 1 saturated carbocycles. The van der Waals surface area contributed by atoms with Gasteiger partial charge < -0.3 is 4.74 Å². The fourth-order valence-electron chi connectivity index (χ4n) is 1.70. The first-order valence-corrected chi connectivity index (χ1v) is 6.23. The summed E-state index contributed by atoms with van der Waals surface area (Å²) in [6.45, 7) is 6.65. The largest absolute Gasteiger partial charge is 0.490 e. The first-order chi connectivity index (χ1) is 6.98. The van der Waals surface area contributed by atoms with Crippen LogP contribution in [-0.4, -0.2) is 6.10 Å². The van der Waals surface area contributed by atoms with Crippen molar-refractivity contribution in [2.75, 3.05) is 0 Å². The van der Waals surface area contributed by atoms with Crippen molar-refractivity contribution in [3.63, 3.8) is 0 Å². The molecule has 0 amide bonds. The zero-order valence-corrected chi connectivity index (χ0v) is 11.1. The van der Waals surface area contributed by atoms with Gasteiger partial charge in [-0.15, -0.1) is 0 Å². The summed E-state index contributed by atoms with van der Waals surface area (Å²) in [4.78, 5) is 0. The van der Waals surface area contributed by atoms with E-state index in [1.807, 2.05) is 6.07 Å². The Balaban J connectivity index is 2.38. The molecule has 1 aromatic rings. The SMILES string of the molecule is CC(C)(C)c1c(Br)cccc1OC1CC1. The number of halogens is 1. The summed E-state index contributed by atoms with van der Waals surface area (Å²) in [6, 6.07) is 6.20. The molecule has 15 heavy (non-hydrogen) atoms. The van der Waals surface area contributed by atoms with Crippen LogP contribution in [-0.2, 0) is 5.41 Å². The topological polar surface area (TPSA) is 9.23 Å². The van der Waals surface area contributed by atoms with Gasteiger partial charge in [0.15, 0.2) is 0 Å². The summed E-state index contributed by atoms with van der Waals surface area (Å²) in [5.41, 5.74) is 1.39. The molecule has 1 aromatic carbocycles. The van der Waals surface area contributed by atoms with Gasteiger partial charge in [0.2, 0.25) is 0 Å². The molecule has 0 radical (unpaired) electrons. The highest BCUT2D eigenvalue weighted by Gasteiger charge is 2.28. The Morgan fingerprint density at radius 1 is 1.27 bits per heavy atom. The van der Waals surface area contributed by atoms with Gasteiger partial charge in [0, 0.05) is 10.0 Å². The third-order valence-electron chi connectivity index (χ3n) is 2.54. The summed E-state index contributed by atoms with van der Waals surface area (Å²) in [6.07, 6.45) is 2.87. The Bertz CT molecular complexity index is 361. The fraction of sp³-hybridized carbons (Fsp3) is 0.538. The molecule has 2 heteroatoms. The molecule has 82 valence electrons. The second-order valence-corrected chi connectivity index (χ2v) is 6.03. The van der Waals surface area contributed by atoms with Crippen molar-refractivity contribution in [2.45, 2.75) is 45.1 Å². The van der Waals surface area contributed by atoms with Crippen molar-refractivity contribution in [2.24, 2.45) is 0 Å². The number of hydrogen-bond acceptors (Lipinski definition) is 1. The van der Waals surface area contributed by atoms with E-state index in [4.69, 9.17) is 4.74 Å². The maximum absolute atomic E-state index is 5.93. The Labute approximate surface area is 100.0 Å². The molecule has 2 rings (SSSR count). The molecule has 0 N–H and O–H groups in total. The Kier molecular flexibility index (Phi) is 2.80. The highest BCUT2D eigenvalue weighted by Crippen LogP contribution is 2.39. The van der Waals surface area contributed by atoms with Crippen LogP contribution in [0.25, 0.3) is 0 Å². The molecule has 1 nitrogen and oxygen atoms in total. The van der Waals surface area contributed by atoms with E-state index in [-0.39, 0.29) is 5.41 Å². The molecule has 0 heterocycles. The number of benzene rings is 1. The quantitative estimate of drug-likeness (QED) is 0.778. The molecule has 0 spiro atoms. The van der Waals surface area contributed by atoms with Gasteiger partial charge in [0.25, 0.3) is 0 Å². The van der Waals surface area contributed by atoms with Gasteiger partial charge in [0.05, 0.1) is 6.10 Å². The summed E-state index contributed by atoms with van der Waals surface area (Å²) in [7, 11) is 0. The minimum absolute atomic E-state index is 0.115. The Morgan fingerprint density at radius 3 is 2.47 bits per heavy atom. The normalized spacial score (nSPS) is 16.5. The number of hydrogen-bond donors (Lipinski definition) is 0. The van der Waals surface area contributed by atoms with Crippen LogP contribution < -0.4 is 4.74 Å². The first-order valence-electron chi connectivity index (χ1n) is 5.44. The summed E-state index contributed by atoms with van der Waals surface area (Å²) in [5, 5.41) is 0. The van der Waals surface area contributed by atoms with E-state index in [0.717, 1.165) is 10.2 Å². The van der Waals surface area contributed by atoms with Crippen LogP contribution in [0.5, 0.6) is 5.75 Å². The molecule has 1 aliphatic rings. The summed E-state index contributed by atoms with van der Waals surface area (Å²) >= 11 is 3.61. The first kappa shape index (κ1) is 11.0. The highest BCUT2D eigenvalue weighted by molar-refractivity contribution is 9.10. The molecule has 0 atom stereocenters. The van der Waals surface area contributed by atoms with E-state index < -0.39 is 0 Å². The van der Waals surface area contributed by atoms with E-state index in [0.29, 0.717) is 6.10 Å². The smallest absolute Gasteiger partial charge is 0.124 e. The van der Waals surface area contributed by atoms with Crippen LogP contribution in [0.3, 0.4) is 0 Å². The second kappa shape index (κ2) is 3.82. The predicted octanol–water partition coefficient (Wildman–Crippen LogP) is 4.29. The van der Waals surface area contributed by atoms with E-state index in [9.17, 15) is 0 Å². The van der Waals surface area contributed by atoms with Crippen molar-refractivity contribution >= 4 is 15.9 Å². The van der Waals surface area contributed by atoms with Gasteiger partial charge >= 0.3 is 0 Å². The van der Waals surface area contributed by atoms with Crippen molar-refractivity contribution in [3.05, 3.63) is 28.2 Å². The maximum atomic E-state index is 5.93. The summed E-state index contributed by atoms with van der Waals surface area (Å²) in [5.74, 6) is 1.04. The van der Waals surface area contributed by atoms with Crippen LogP contribution in [0.4, 0.5) is 0 Å². The van der Waals surface area contributed by atoms with Crippen LogP contribution in [0.2, 0.25) is 0 Å². The molecular weight excluding hydrogens is 252 g/mol. The molecular formula is C13H17BrO. The van der Waals surface area contributed by atoms with Gasteiger partial charge in [-0.25, -0.2) is 0 Å². The Morgan fingerprint density at radius 2 is 1.93 bits per heavy atom. The lowest BCUT2D eigenvalue weighted by molar-refractivity contribution is 0.294. The molecule has 1 fully saturated rings. The van der Waals surface area contributed by atoms with Gasteiger partial charge in [-0.1, -0.05) is 42.8 Å². The van der Waals surface area contributed by atoms with Crippen molar-refractivity contribution in [3.8, 4) is 5.75 Å². The minimum atomic E-state index is 0.115. The van der Waals surface area contributed by atoms with Gasteiger partial charge in [-0.05, 0) is 30.4 Å². The third kappa shape index (κ3) is 2.54. The fourth-order valence-corrected chi connectivity index (χ4v) is 2.64. The van der Waals surface area contributed by atoms with E-state index >= 15 is 0 Å². The van der Waals surface area contributed by atoms with Crippen LogP contribution >= 0.6 is 15.9 Å². The number of ether oxygens (including phenoxy) is 1. The van der Waals surface area contributed by atoms with E-state index in [1.54, 1.807) is 0 Å². The summed E-state index contributed by atoms with van der Waals surface area (Å²) < 4.78 is 7.08. The van der Waals surface area contributed by atoms with Gasteiger partial charge in [0.1, 0.15) is 5.75 Å². The second-order valence-electron chi connectivity index (χ2n) is 5.18. The average Bonchev–Trinajstić information content (AvgIpc) is 2.85. The monoisotopic (exact) mass is 268 g/mol. The van der Waals surface area contributed by atoms with Crippen molar-refractivity contribution in [1.29, 1.82) is 0 Å².